The monoisotopic (exact) mass is 286 g/mol. The quantitative estimate of drug-likeness (QED) is 0.509. The summed E-state index contributed by atoms with van der Waals surface area (Å²) < 4.78 is 26.7. The number of rotatable bonds is 6. The Hall–Kier alpha value is -1.44. The average molecular weight is 286 g/mol. The summed E-state index contributed by atoms with van der Waals surface area (Å²) >= 11 is 0. The van der Waals surface area contributed by atoms with Crippen molar-refractivity contribution in [2.75, 3.05) is 13.7 Å². The molecule has 4 atom stereocenters. The van der Waals surface area contributed by atoms with Crippen molar-refractivity contribution in [2.24, 2.45) is 0 Å². The van der Waals surface area contributed by atoms with E-state index in [2.05, 4.69) is 0 Å². The fourth-order valence-electron chi connectivity index (χ4n) is 2.37. The van der Waals surface area contributed by atoms with E-state index in [1.165, 1.54) is 13.2 Å². The molecule has 7 nitrogen and oxygen atoms in total. The number of carbonyl (C=O) groups excluding carboxylic acids is 2. The molecule has 0 saturated carbocycles. The minimum absolute atomic E-state index is 0.156. The molecule has 2 aliphatic heterocycles. The van der Waals surface area contributed by atoms with E-state index in [1.807, 2.05) is 0 Å². The molecular weight excluding hydrogens is 268 g/mol. The lowest BCUT2D eigenvalue weighted by Gasteiger charge is -2.26. The van der Waals surface area contributed by atoms with Crippen LogP contribution in [0.1, 0.15) is 13.8 Å². The van der Waals surface area contributed by atoms with Crippen LogP contribution in [0, 0.1) is 0 Å². The van der Waals surface area contributed by atoms with E-state index in [4.69, 9.17) is 23.7 Å². The molecule has 2 heterocycles. The van der Waals surface area contributed by atoms with Crippen molar-refractivity contribution in [1.82, 2.24) is 0 Å². The topological polar surface area (TPSA) is 80.3 Å². The van der Waals surface area contributed by atoms with Crippen LogP contribution in [0.3, 0.4) is 0 Å². The van der Waals surface area contributed by atoms with Gasteiger partial charge in [0.2, 0.25) is 0 Å². The predicted molar refractivity (Wildman–Crippen MR) is 65.7 cm³/mol. The van der Waals surface area contributed by atoms with E-state index in [0.717, 1.165) is 0 Å². The van der Waals surface area contributed by atoms with Crippen LogP contribution in [0.5, 0.6) is 0 Å². The molecule has 0 aliphatic carbocycles. The summed E-state index contributed by atoms with van der Waals surface area (Å²) in [5.74, 6) is -1.29. The maximum Gasteiger partial charge on any atom is 0.331 e. The van der Waals surface area contributed by atoms with Crippen LogP contribution in [-0.4, -0.2) is 56.4 Å². The zero-order valence-electron chi connectivity index (χ0n) is 11.6. The molecule has 2 rings (SSSR count). The Labute approximate surface area is 116 Å². The molecule has 0 unspecified atom stereocenters. The molecular formula is C13H18O7. The van der Waals surface area contributed by atoms with Crippen LogP contribution in [-0.2, 0) is 33.3 Å². The summed E-state index contributed by atoms with van der Waals surface area (Å²) in [5.41, 5.74) is 0. The summed E-state index contributed by atoms with van der Waals surface area (Å²) in [6, 6.07) is 0. The molecule has 0 amide bonds. The number of carbonyl (C=O) groups is 2. The van der Waals surface area contributed by atoms with Gasteiger partial charge in [-0.3, -0.25) is 4.79 Å². The molecule has 0 aromatic heterocycles. The average Bonchev–Trinajstić information content (AvgIpc) is 2.92. The molecule has 0 radical (unpaired) electrons. The summed E-state index contributed by atoms with van der Waals surface area (Å²) in [7, 11) is 1.49. The lowest BCUT2D eigenvalue weighted by atomic mass is 10.0. The second kappa shape index (κ2) is 5.90. The summed E-state index contributed by atoms with van der Waals surface area (Å²) in [6.07, 6.45) is 0.585. The van der Waals surface area contributed by atoms with Crippen LogP contribution < -0.4 is 0 Å². The standard InChI is InChI=1S/C13H18O7/c1-13(2)19-11(8-4-5-10(15)18-8)12(20-13)9(6-16-3)17-7-14/h4-5,7-9,11-12H,6H2,1-3H3/t8-,9-,11-,12-/m1/s1. The Balaban J connectivity index is 2.16. The zero-order chi connectivity index (χ0) is 14.8. The Morgan fingerprint density at radius 3 is 2.75 bits per heavy atom. The van der Waals surface area contributed by atoms with Crippen molar-refractivity contribution in [3.8, 4) is 0 Å². The molecule has 0 N–H and O–H groups in total. The second-order valence-electron chi connectivity index (χ2n) is 5.05. The predicted octanol–water partition coefficient (Wildman–Crippen LogP) is 0.176. The Kier molecular flexibility index (Phi) is 4.42. The van der Waals surface area contributed by atoms with Crippen molar-refractivity contribution in [3.05, 3.63) is 12.2 Å². The Morgan fingerprint density at radius 1 is 1.45 bits per heavy atom. The van der Waals surface area contributed by atoms with Gasteiger partial charge in [-0.15, -0.1) is 0 Å². The van der Waals surface area contributed by atoms with Gasteiger partial charge in [0, 0.05) is 13.2 Å². The number of cyclic esters (lactones) is 1. The molecule has 7 heteroatoms. The van der Waals surface area contributed by atoms with Crippen molar-refractivity contribution >= 4 is 12.4 Å². The van der Waals surface area contributed by atoms with Gasteiger partial charge in [-0.2, -0.15) is 0 Å². The SMILES string of the molecule is COC[C@@H](OC=O)[C@H]1OC(C)(C)O[C@@H]1[C@H]1C=CC(=O)O1. The maximum atomic E-state index is 11.2. The van der Waals surface area contributed by atoms with Crippen LogP contribution in [0.2, 0.25) is 0 Å². The zero-order valence-corrected chi connectivity index (χ0v) is 11.6. The van der Waals surface area contributed by atoms with Gasteiger partial charge in [0.05, 0.1) is 6.61 Å². The van der Waals surface area contributed by atoms with E-state index in [0.29, 0.717) is 6.47 Å². The van der Waals surface area contributed by atoms with E-state index in [9.17, 15) is 9.59 Å². The maximum absolute atomic E-state index is 11.2. The van der Waals surface area contributed by atoms with Gasteiger partial charge in [0.25, 0.3) is 6.47 Å². The molecule has 0 aromatic carbocycles. The minimum Gasteiger partial charge on any atom is -0.459 e. The smallest absolute Gasteiger partial charge is 0.331 e. The van der Waals surface area contributed by atoms with Crippen LogP contribution >= 0.6 is 0 Å². The van der Waals surface area contributed by atoms with Gasteiger partial charge in [-0.25, -0.2) is 4.79 Å². The first-order chi connectivity index (χ1) is 9.46. The van der Waals surface area contributed by atoms with Gasteiger partial charge < -0.3 is 23.7 Å². The number of ether oxygens (including phenoxy) is 5. The summed E-state index contributed by atoms with van der Waals surface area (Å²) in [5, 5.41) is 0. The highest BCUT2D eigenvalue weighted by molar-refractivity contribution is 5.84. The van der Waals surface area contributed by atoms with E-state index < -0.39 is 36.2 Å². The first-order valence-corrected chi connectivity index (χ1v) is 6.29. The number of methoxy groups -OCH3 is 1. The molecule has 0 spiro atoms. The first-order valence-electron chi connectivity index (χ1n) is 6.29. The Morgan fingerprint density at radius 2 is 2.20 bits per heavy atom. The van der Waals surface area contributed by atoms with Gasteiger partial charge in [0.1, 0.15) is 18.3 Å². The van der Waals surface area contributed by atoms with Gasteiger partial charge in [-0.05, 0) is 19.9 Å². The molecule has 1 fully saturated rings. The number of hydrogen-bond acceptors (Lipinski definition) is 7. The highest BCUT2D eigenvalue weighted by atomic mass is 16.8. The molecule has 0 bridgehead atoms. The molecule has 20 heavy (non-hydrogen) atoms. The van der Waals surface area contributed by atoms with E-state index in [-0.39, 0.29) is 6.61 Å². The van der Waals surface area contributed by atoms with E-state index in [1.54, 1.807) is 19.9 Å². The lowest BCUT2D eigenvalue weighted by Crippen LogP contribution is -2.45. The molecule has 2 aliphatic rings. The van der Waals surface area contributed by atoms with Gasteiger partial charge in [-0.1, -0.05) is 0 Å². The van der Waals surface area contributed by atoms with Crippen molar-refractivity contribution < 1.29 is 33.3 Å². The van der Waals surface area contributed by atoms with Crippen molar-refractivity contribution in [2.45, 2.75) is 44.1 Å². The molecule has 1 saturated heterocycles. The third-order valence-electron chi connectivity index (χ3n) is 3.09. The fraction of sp³-hybridized carbons (Fsp3) is 0.692. The highest BCUT2D eigenvalue weighted by Crippen LogP contribution is 2.34. The van der Waals surface area contributed by atoms with Gasteiger partial charge >= 0.3 is 5.97 Å². The fourth-order valence-corrected chi connectivity index (χ4v) is 2.37. The number of hydrogen-bond donors (Lipinski definition) is 0. The van der Waals surface area contributed by atoms with Crippen LogP contribution in [0.4, 0.5) is 0 Å². The third kappa shape index (κ3) is 3.17. The highest BCUT2D eigenvalue weighted by Gasteiger charge is 2.50. The van der Waals surface area contributed by atoms with Crippen molar-refractivity contribution in [1.29, 1.82) is 0 Å². The van der Waals surface area contributed by atoms with Gasteiger partial charge in [0.15, 0.2) is 11.9 Å². The minimum atomic E-state index is -0.865. The summed E-state index contributed by atoms with van der Waals surface area (Å²) in [4.78, 5) is 21.8. The largest absolute Gasteiger partial charge is 0.459 e. The normalized spacial score (nSPS) is 33.0. The summed E-state index contributed by atoms with van der Waals surface area (Å²) in [6.45, 7) is 3.98. The van der Waals surface area contributed by atoms with E-state index >= 15 is 0 Å². The molecule has 112 valence electrons. The molecule has 0 aromatic rings. The van der Waals surface area contributed by atoms with Crippen molar-refractivity contribution in [3.63, 3.8) is 0 Å². The lowest BCUT2D eigenvalue weighted by molar-refractivity contribution is -0.170. The van der Waals surface area contributed by atoms with Crippen LogP contribution in [0.25, 0.3) is 0 Å². The van der Waals surface area contributed by atoms with Crippen LogP contribution in [0.15, 0.2) is 12.2 Å². The number of esters is 1. The third-order valence-corrected chi connectivity index (χ3v) is 3.09. The second-order valence-corrected chi connectivity index (χ2v) is 5.05. The Bertz CT molecular complexity index is 404. The first kappa shape index (κ1) is 15.0.